The Kier molecular flexibility index (Phi) is 6.03. The summed E-state index contributed by atoms with van der Waals surface area (Å²) in [5.41, 5.74) is 0.591. The highest BCUT2D eigenvalue weighted by Crippen LogP contribution is 2.35. The minimum atomic E-state index is -0.344. The van der Waals surface area contributed by atoms with Gasteiger partial charge in [0.2, 0.25) is 11.8 Å². The summed E-state index contributed by atoms with van der Waals surface area (Å²) in [5, 5.41) is 15.0. The molecule has 2 aromatic rings. The van der Waals surface area contributed by atoms with Crippen LogP contribution in [0.2, 0.25) is 0 Å². The summed E-state index contributed by atoms with van der Waals surface area (Å²) < 4.78 is 10.6. The van der Waals surface area contributed by atoms with Gasteiger partial charge in [-0.05, 0) is 37.3 Å². The highest BCUT2D eigenvalue weighted by Gasteiger charge is 2.33. The molecule has 2 aliphatic rings. The van der Waals surface area contributed by atoms with Crippen molar-refractivity contribution < 1.29 is 19.1 Å². The lowest BCUT2D eigenvalue weighted by atomic mass is 10.1. The number of benzene rings is 1. The van der Waals surface area contributed by atoms with E-state index in [9.17, 15) is 9.59 Å². The molecule has 0 aliphatic carbocycles. The molecule has 1 aromatic heterocycles. The van der Waals surface area contributed by atoms with Gasteiger partial charge < -0.3 is 25.0 Å². The zero-order chi connectivity index (χ0) is 21.1. The van der Waals surface area contributed by atoms with Crippen LogP contribution >= 0.6 is 11.3 Å². The Morgan fingerprint density at radius 2 is 2.10 bits per heavy atom. The second kappa shape index (κ2) is 8.86. The maximum Gasteiger partial charge on any atom is 0.317 e. The lowest BCUT2D eigenvalue weighted by molar-refractivity contribution is 0.102. The van der Waals surface area contributed by atoms with Gasteiger partial charge in [-0.2, -0.15) is 0 Å². The largest absolute Gasteiger partial charge is 0.454 e. The average Bonchev–Trinajstić information content (AvgIpc) is 3.46. The predicted molar refractivity (Wildman–Crippen MR) is 112 cm³/mol. The minimum Gasteiger partial charge on any atom is -0.454 e. The van der Waals surface area contributed by atoms with E-state index in [-0.39, 0.29) is 29.8 Å². The van der Waals surface area contributed by atoms with Gasteiger partial charge in [0, 0.05) is 24.8 Å². The van der Waals surface area contributed by atoms with Crippen LogP contribution in [0.3, 0.4) is 0 Å². The molecule has 3 heterocycles. The molecule has 4 rings (SSSR count). The van der Waals surface area contributed by atoms with Crippen LogP contribution in [0.5, 0.6) is 11.5 Å². The van der Waals surface area contributed by atoms with Gasteiger partial charge in [-0.3, -0.25) is 4.79 Å². The molecule has 9 nitrogen and oxygen atoms in total. The summed E-state index contributed by atoms with van der Waals surface area (Å²) in [6.07, 6.45) is 2.66. The van der Waals surface area contributed by atoms with Gasteiger partial charge in [0.25, 0.3) is 5.91 Å². The molecule has 30 heavy (non-hydrogen) atoms. The van der Waals surface area contributed by atoms with Crippen molar-refractivity contribution in [2.75, 3.05) is 25.2 Å². The first-order chi connectivity index (χ1) is 14.5. The molecule has 0 radical (unpaired) electrons. The number of amides is 3. The number of nitrogens with one attached hydrogen (secondary N) is 2. The average molecular weight is 432 g/mol. The van der Waals surface area contributed by atoms with Crippen molar-refractivity contribution in [2.45, 2.75) is 39.2 Å². The van der Waals surface area contributed by atoms with Crippen molar-refractivity contribution in [3.05, 3.63) is 28.2 Å². The molecule has 0 spiro atoms. The maximum atomic E-state index is 12.6. The van der Waals surface area contributed by atoms with Gasteiger partial charge in [0.1, 0.15) is 5.01 Å². The third-order valence-corrected chi connectivity index (χ3v) is 6.09. The molecule has 1 fully saturated rings. The van der Waals surface area contributed by atoms with Crippen molar-refractivity contribution in [3.63, 3.8) is 0 Å². The zero-order valence-corrected chi connectivity index (χ0v) is 17.8. The van der Waals surface area contributed by atoms with E-state index in [4.69, 9.17) is 9.47 Å². The number of aromatic nitrogens is 2. The van der Waals surface area contributed by atoms with E-state index in [0.29, 0.717) is 41.2 Å². The third-order valence-electron chi connectivity index (χ3n) is 5.06. The van der Waals surface area contributed by atoms with Crippen LogP contribution in [0.15, 0.2) is 18.2 Å². The molecule has 2 aliphatic heterocycles. The first kappa shape index (κ1) is 20.4. The molecule has 1 saturated heterocycles. The number of nitrogens with zero attached hydrogens (tertiary/aromatic N) is 3. The molecule has 160 valence electrons. The first-order valence-corrected chi connectivity index (χ1v) is 10.9. The van der Waals surface area contributed by atoms with E-state index in [1.807, 2.05) is 0 Å². The fourth-order valence-corrected chi connectivity index (χ4v) is 4.34. The number of likely N-dealkylation sites (tertiary alicyclic amines) is 1. The Morgan fingerprint density at radius 1 is 1.27 bits per heavy atom. The van der Waals surface area contributed by atoms with Gasteiger partial charge >= 0.3 is 6.03 Å². The zero-order valence-electron chi connectivity index (χ0n) is 17.0. The van der Waals surface area contributed by atoms with Crippen molar-refractivity contribution in [1.29, 1.82) is 0 Å². The lowest BCUT2D eigenvalue weighted by Gasteiger charge is -2.23. The lowest BCUT2D eigenvalue weighted by Crippen LogP contribution is -2.40. The van der Waals surface area contributed by atoms with E-state index >= 15 is 0 Å². The Labute approximate surface area is 178 Å². The van der Waals surface area contributed by atoms with Crippen LogP contribution in [0, 0.1) is 5.92 Å². The van der Waals surface area contributed by atoms with E-state index in [2.05, 4.69) is 34.7 Å². The number of carbonyl (C=O) groups is 2. The van der Waals surface area contributed by atoms with Gasteiger partial charge in [-0.1, -0.05) is 25.2 Å². The van der Waals surface area contributed by atoms with Gasteiger partial charge in [0.05, 0.1) is 6.04 Å². The number of fused-ring (bicyclic) bond motifs is 1. The summed E-state index contributed by atoms with van der Waals surface area (Å²) in [6, 6.07) is 4.97. The van der Waals surface area contributed by atoms with E-state index < -0.39 is 0 Å². The standard InChI is InChI=1S/C20H25N5O4S/c1-12(2)7-8-21-20(27)25-9-3-4-14(25)18-23-24-19(30-18)17(26)22-13-5-6-15-16(10-13)29-11-28-15/h5-6,10,12,14H,3-4,7-9,11H2,1-2H3,(H,21,27)(H,22,26)/t14-/m1/s1. The van der Waals surface area contributed by atoms with E-state index in [0.717, 1.165) is 19.3 Å². The molecule has 10 heteroatoms. The predicted octanol–water partition coefficient (Wildman–Crippen LogP) is 3.41. The van der Waals surface area contributed by atoms with E-state index in [1.165, 1.54) is 11.3 Å². The fourth-order valence-electron chi connectivity index (χ4n) is 3.46. The van der Waals surface area contributed by atoms with Crippen LogP contribution in [-0.4, -0.2) is 46.9 Å². The van der Waals surface area contributed by atoms with Gasteiger partial charge in [0.15, 0.2) is 11.5 Å². The topological polar surface area (TPSA) is 106 Å². The van der Waals surface area contributed by atoms with E-state index in [1.54, 1.807) is 23.1 Å². The Hall–Kier alpha value is -2.88. The SMILES string of the molecule is CC(C)CCNC(=O)N1CCC[C@@H]1c1nnc(C(=O)Nc2ccc3c(c2)OCO3)s1. The van der Waals surface area contributed by atoms with Crippen LogP contribution in [-0.2, 0) is 0 Å². The number of ether oxygens (including phenoxy) is 2. The van der Waals surface area contributed by atoms with Crippen LogP contribution < -0.4 is 20.1 Å². The summed E-state index contributed by atoms with van der Waals surface area (Å²) in [4.78, 5) is 26.9. The van der Waals surface area contributed by atoms with Crippen molar-refractivity contribution >= 4 is 29.0 Å². The quantitative estimate of drug-likeness (QED) is 0.726. The number of carbonyl (C=O) groups excluding carboxylic acids is 2. The maximum absolute atomic E-state index is 12.6. The monoisotopic (exact) mass is 431 g/mol. The van der Waals surface area contributed by atoms with Crippen LogP contribution in [0.4, 0.5) is 10.5 Å². The molecule has 2 N–H and O–H groups in total. The molecule has 0 unspecified atom stereocenters. The smallest absolute Gasteiger partial charge is 0.317 e. The summed E-state index contributed by atoms with van der Waals surface area (Å²) in [5.74, 6) is 1.44. The summed E-state index contributed by atoms with van der Waals surface area (Å²) >= 11 is 1.22. The molecule has 0 bridgehead atoms. The van der Waals surface area contributed by atoms with Gasteiger partial charge in [-0.15, -0.1) is 10.2 Å². The second-order valence-electron chi connectivity index (χ2n) is 7.73. The Bertz CT molecular complexity index is 932. The number of anilines is 1. The number of rotatable bonds is 6. The molecule has 1 aromatic carbocycles. The Balaban J connectivity index is 1.39. The van der Waals surface area contributed by atoms with Crippen LogP contribution in [0.25, 0.3) is 0 Å². The normalized spacial score (nSPS) is 17.4. The first-order valence-electron chi connectivity index (χ1n) is 10.1. The molecular weight excluding hydrogens is 406 g/mol. The third kappa shape index (κ3) is 4.48. The molecule has 0 saturated carbocycles. The van der Waals surface area contributed by atoms with Crippen LogP contribution in [0.1, 0.15) is 54.0 Å². The second-order valence-corrected chi connectivity index (χ2v) is 8.74. The Morgan fingerprint density at radius 3 is 2.93 bits per heavy atom. The fraction of sp³-hybridized carbons (Fsp3) is 0.500. The van der Waals surface area contributed by atoms with Crippen molar-refractivity contribution in [1.82, 2.24) is 20.4 Å². The molecule has 3 amide bonds. The summed E-state index contributed by atoms with van der Waals surface area (Å²) in [6.45, 7) is 5.76. The van der Waals surface area contributed by atoms with Crippen molar-refractivity contribution in [3.8, 4) is 11.5 Å². The highest BCUT2D eigenvalue weighted by molar-refractivity contribution is 7.13. The van der Waals surface area contributed by atoms with Gasteiger partial charge in [-0.25, -0.2) is 4.79 Å². The highest BCUT2D eigenvalue weighted by atomic mass is 32.1. The summed E-state index contributed by atoms with van der Waals surface area (Å²) in [7, 11) is 0. The molecular formula is C20H25N5O4S. The number of hydrogen-bond donors (Lipinski definition) is 2. The number of urea groups is 1. The minimum absolute atomic E-state index is 0.0836. The van der Waals surface area contributed by atoms with Crippen molar-refractivity contribution in [2.24, 2.45) is 5.92 Å². The molecule has 1 atom stereocenters. The number of hydrogen-bond acceptors (Lipinski definition) is 7.